The first-order chi connectivity index (χ1) is 8.59. The van der Waals surface area contributed by atoms with Gasteiger partial charge in [-0.25, -0.2) is 4.39 Å². The summed E-state index contributed by atoms with van der Waals surface area (Å²) in [5, 5.41) is 9.45. The number of likely N-dealkylation sites (tertiary alicyclic amines) is 1. The van der Waals surface area contributed by atoms with Crippen LogP contribution in [-0.4, -0.2) is 35.1 Å². The molecule has 1 aromatic carbocycles. The molecule has 1 saturated heterocycles. The Labute approximate surface area is 122 Å². The van der Waals surface area contributed by atoms with Gasteiger partial charge in [0.05, 0.1) is 0 Å². The summed E-state index contributed by atoms with van der Waals surface area (Å²) in [7, 11) is 0. The molecule has 6 heteroatoms. The maximum absolute atomic E-state index is 13.6. The Hall–Kier alpha value is -0.840. The van der Waals surface area contributed by atoms with Crippen molar-refractivity contribution < 1.29 is 14.3 Å². The summed E-state index contributed by atoms with van der Waals surface area (Å²) in [6.07, 6.45) is 1.98. The van der Waals surface area contributed by atoms with E-state index in [2.05, 4.69) is 0 Å². The molecule has 0 amide bonds. The van der Waals surface area contributed by atoms with Crippen LogP contribution >= 0.6 is 24.0 Å². The van der Waals surface area contributed by atoms with Gasteiger partial charge in [0.25, 0.3) is 0 Å². The van der Waals surface area contributed by atoms with Crippen molar-refractivity contribution in [3.8, 4) is 0 Å². The van der Waals surface area contributed by atoms with Crippen LogP contribution in [0.25, 0.3) is 0 Å². The molecule has 0 radical (unpaired) electrons. The van der Waals surface area contributed by atoms with Gasteiger partial charge in [0, 0.05) is 17.1 Å². The van der Waals surface area contributed by atoms with Gasteiger partial charge < -0.3 is 5.11 Å². The highest BCUT2D eigenvalue weighted by Gasteiger charge is 2.30. The molecule has 0 aromatic heterocycles. The number of hydrogen-bond acceptors (Lipinski definition) is 2. The van der Waals surface area contributed by atoms with Gasteiger partial charge in [-0.2, -0.15) is 0 Å². The highest BCUT2D eigenvalue weighted by atomic mass is 35.5. The van der Waals surface area contributed by atoms with E-state index >= 15 is 0 Å². The standard InChI is InChI=1S/C13H15ClFNO2.ClH/c14-10-3-1-4-11(15)9(10)6-8-16-7-2-5-12(16)13(17)18;/h1,3-4,12H,2,5-8H2,(H,17,18);1H. The van der Waals surface area contributed by atoms with Crippen LogP contribution in [0.2, 0.25) is 5.02 Å². The van der Waals surface area contributed by atoms with Crippen LogP contribution < -0.4 is 0 Å². The molecule has 0 aliphatic carbocycles. The first-order valence-electron chi connectivity index (χ1n) is 5.99. The van der Waals surface area contributed by atoms with Crippen LogP contribution in [0.15, 0.2) is 18.2 Å². The van der Waals surface area contributed by atoms with Crippen molar-refractivity contribution >= 4 is 30.0 Å². The Morgan fingerprint density at radius 3 is 2.89 bits per heavy atom. The quantitative estimate of drug-likeness (QED) is 0.929. The molecule has 0 saturated carbocycles. The summed E-state index contributed by atoms with van der Waals surface area (Å²) in [5.41, 5.74) is 0.468. The van der Waals surface area contributed by atoms with Crippen molar-refractivity contribution in [1.29, 1.82) is 0 Å². The highest BCUT2D eigenvalue weighted by Crippen LogP contribution is 2.22. The zero-order chi connectivity index (χ0) is 13.1. The zero-order valence-electron chi connectivity index (χ0n) is 10.3. The molecule has 19 heavy (non-hydrogen) atoms. The number of carboxylic acid groups (broad SMARTS) is 1. The number of rotatable bonds is 4. The van der Waals surface area contributed by atoms with Gasteiger partial charge in [0.15, 0.2) is 0 Å². The van der Waals surface area contributed by atoms with Gasteiger partial charge in [0.1, 0.15) is 11.9 Å². The molecule has 1 atom stereocenters. The second-order valence-electron chi connectivity index (χ2n) is 4.48. The Kier molecular flexibility index (Phi) is 6.04. The SMILES string of the molecule is Cl.O=C(O)C1CCCN1CCc1c(F)cccc1Cl. The van der Waals surface area contributed by atoms with Crippen molar-refractivity contribution in [2.24, 2.45) is 0 Å². The fourth-order valence-electron chi connectivity index (χ4n) is 2.40. The second kappa shape index (κ2) is 7.08. The largest absolute Gasteiger partial charge is 0.480 e. The van der Waals surface area contributed by atoms with Crippen molar-refractivity contribution in [3.63, 3.8) is 0 Å². The lowest BCUT2D eigenvalue weighted by Gasteiger charge is -2.21. The predicted molar refractivity (Wildman–Crippen MR) is 74.6 cm³/mol. The first kappa shape index (κ1) is 16.2. The van der Waals surface area contributed by atoms with Gasteiger partial charge in [-0.1, -0.05) is 17.7 Å². The van der Waals surface area contributed by atoms with Gasteiger partial charge in [-0.05, 0) is 37.9 Å². The van der Waals surface area contributed by atoms with E-state index in [-0.39, 0.29) is 18.2 Å². The maximum Gasteiger partial charge on any atom is 0.320 e. The molecule has 1 aromatic rings. The predicted octanol–water partition coefficient (Wildman–Crippen LogP) is 2.99. The Balaban J connectivity index is 0.00000180. The van der Waals surface area contributed by atoms with Crippen LogP contribution in [0, 0.1) is 5.82 Å². The van der Waals surface area contributed by atoms with Crippen molar-refractivity contribution in [3.05, 3.63) is 34.6 Å². The normalized spacial score (nSPS) is 19.2. The van der Waals surface area contributed by atoms with E-state index in [9.17, 15) is 9.18 Å². The summed E-state index contributed by atoms with van der Waals surface area (Å²) in [6.45, 7) is 1.28. The van der Waals surface area contributed by atoms with Crippen LogP contribution in [0.5, 0.6) is 0 Å². The number of nitrogens with zero attached hydrogens (tertiary/aromatic N) is 1. The fraction of sp³-hybridized carbons (Fsp3) is 0.462. The van der Waals surface area contributed by atoms with E-state index in [0.29, 0.717) is 30.0 Å². The average Bonchev–Trinajstić information content (AvgIpc) is 2.76. The smallest absolute Gasteiger partial charge is 0.320 e. The Bertz CT molecular complexity index is 436. The number of benzene rings is 1. The topological polar surface area (TPSA) is 40.5 Å². The molecule has 1 aliphatic rings. The van der Waals surface area contributed by atoms with E-state index in [1.54, 1.807) is 12.1 Å². The third kappa shape index (κ3) is 3.81. The zero-order valence-corrected chi connectivity index (χ0v) is 11.9. The van der Waals surface area contributed by atoms with Crippen molar-refractivity contribution in [1.82, 2.24) is 4.90 Å². The number of hydrogen-bond donors (Lipinski definition) is 1. The summed E-state index contributed by atoms with van der Waals surface area (Å²) >= 11 is 5.94. The maximum atomic E-state index is 13.6. The molecule has 3 nitrogen and oxygen atoms in total. The molecule has 1 aliphatic heterocycles. The van der Waals surface area contributed by atoms with Crippen molar-refractivity contribution in [2.45, 2.75) is 25.3 Å². The number of aliphatic carboxylic acids is 1. The lowest BCUT2D eigenvalue weighted by Crippen LogP contribution is -2.37. The lowest BCUT2D eigenvalue weighted by atomic mass is 10.1. The molecule has 1 unspecified atom stereocenters. The Morgan fingerprint density at radius 1 is 1.53 bits per heavy atom. The minimum Gasteiger partial charge on any atom is -0.480 e. The number of carboxylic acids is 1. The van der Waals surface area contributed by atoms with E-state index in [1.807, 2.05) is 4.90 Å². The molecule has 0 bridgehead atoms. The van der Waals surface area contributed by atoms with Gasteiger partial charge >= 0.3 is 5.97 Å². The van der Waals surface area contributed by atoms with Gasteiger partial charge in [-0.3, -0.25) is 9.69 Å². The van der Waals surface area contributed by atoms with Crippen LogP contribution in [-0.2, 0) is 11.2 Å². The minimum absolute atomic E-state index is 0. The molecular weight excluding hydrogens is 292 g/mol. The molecule has 1 N–H and O–H groups in total. The van der Waals surface area contributed by atoms with E-state index < -0.39 is 12.0 Å². The van der Waals surface area contributed by atoms with E-state index in [1.165, 1.54) is 6.07 Å². The van der Waals surface area contributed by atoms with Crippen LogP contribution in [0.4, 0.5) is 4.39 Å². The van der Waals surface area contributed by atoms with Crippen LogP contribution in [0.1, 0.15) is 18.4 Å². The van der Waals surface area contributed by atoms with E-state index in [4.69, 9.17) is 16.7 Å². The molecule has 106 valence electrons. The molecule has 2 rings (SSSR count). The first-order valence-corrected chi connectivity index (χ1v) is 6.37. The second-order valence-corrected chi connectivity index (χ2v) is 4.89. The fourth-order valence-corrected chi connectivity index (χ4v) is 2.66. The molecule has 0 spiro atoms. The third-order valence-corrected chi connectivity index (χ3v) is 3.71. The van der Waals surface area contributed by atoms with Crippen LogP contribution in [0.3, 0.4) is 0 Å². The van der Waals surface area contributed by atoms with Crippen molar-refractivity contribution in [2.75, 3.05) is 13.1 Å². The lowest BCUT2D eigenvalue weighted by molar-refractivity contribution is -0.142. The summed E-state index contributed by atoms with van der Waals surface area (Å²) < 4.78 is 13.6. The summed E-state index contributed by atoms with van der Waals surface area (Å²) in [5.74, 6) is -1.12. The minimum atomic E-state index is -0.799. The molecular formula is C13H16Cl2FNO2. The number of carbonyl (C=O) groups is 1. The summed E-state index contributed by atoms with van der Waals surface area (Å²) in [6, 6.07) is 4.16. The summed E-state index contributed by atoms with van der Waals surface area (Å²) in [4.78, 5) is 12.9. The monoisotopic (exact) mass is 307 g/mol. The Morgan fingerprint density at radius 2 is 2.26 bits per heavy atom. The van der Waals surface area contributed by atoms with Gasteiger partial charge in [-0.15, -0.1) is 12.4 Å². The highest BCUT2D eigenvalue weighted by molar-refractivity contribution is 6.31. The average molecular weight is 308 g/mol. The number of halogens is 3. The third-order valence-electron chi connectivity index (χ3n) is 3.36. The van der Waals surface area contributed by atoms with Gasteiger partial charge in [0.2, 0.25) is 0 Å². The molecule has 1 fully saturated rings. The molecule has 1 heterocycles. The van der Waals surface area contributed by atoms with E-state index in [0.717, 1.165) is 13.0 Å².